The average molecular weight is 266 g/mol. The SMILES string of the molecule is COc1ccc(C(Cc2ccsc2)NN)cc1F. The van der Waals surface area contributed by atoms with Crippen molar-refractivity contribution in [1.29, 1.82) is 0 Å². The van der Waals surface area contributed by atoms with Crippen LogP contribution in [0.5, 0.6) is 5.75 Å². The molecule has 3 nitrogen and oxygen atoms in total. The van der Waals surface area contributed by atoms with E-state index in [0.29, 0.717) is 0 Å². The number of methoxy groups -OCH3 is 1. The monoisotopic (exact) mass is 266 g/mol. The molecule has 1 aromatic carbocycles. The Hall–Kier alpha value is -1.43. The summed E-state index contributed by atoms with van der Waals surface area (Å²) in [6, 6.07) is 6.81. The van der Waals surface area contributed by atoms with E-state index in [1.165, 1.54) is 18.7 Å². The van der Waals surface area contributed by atoms with Gasteiger partial charge in [-0.05, 0) is 46.5 Å². The van der Waals surface area contributed by atoms with Crippen LogP contribution in [-0.2, 0) is 6.42 Å². The molecule has 18 heavy (non-hydrogen) atoms. The first kappa shape index (κ1) is 13.0. The highest BCUT2D eigenvalue weighted by atomic mass is 32.1. The van der Waals surface area contributed by atoms with Crippen molar-refractivity contribution in [2.75, 3.05) is 7.11 Å². The van der Waals surface area contributed by atoms with E-state index in [1.807, 2.05) is 17.5 Å². The molecule has 2 aromatic rings. The highest BCUT2D eigenvalue weighted by molar-refractivity contribution is 7.07. The van der Waals surface area contributed by atoms with Crippen molar-refractivity contribution in [2.45, 2.75) is 12.5 Å². The van der Waals surface area contributed by atoms with Gasteiger partial charge in [0.2, 0.25) is 0 Å². The van der Waals surface area contributed by atoms with Gasteiger partial charge in [-0.2, -0.15) is 11.3 Å². The third-order valence-electron chi connectivity index (χ3n) is 2.80. The van der Waals surface area contributed by atoms with Crippen LogP contribution in [0.4, 0.5) is 4.39 Å². The molecule has 0 amide bonds. The summed E-state index contributed by atoms with van der Waals surface area (Å²) in [7, 11) is 1.45. The molecule has 0 aliphatic rings. The van der Waals surface area contributed by atoms with Crippen molar-refractivity contribution in [3.05, 3.63) is 52.0 Å². The Balaban J connectivity index is 2.19. The van der Waals surface area contributed by atoms with Gasteiger partial charge in [0.25, 0.3) is 0 Å². The van der Waals surface area contributed by atoms with Crippen LogP contribution in [0.15, 0.2) is 35.0 Å². The van der Waals surface area contributed by atoms with E-state index in [1.54, 1.807) is 17.4 Å². The molecule has 1 aromatic heterocycles. The van der Waals surface area contributed by atoms with E-state index in [2.05, 4.69) is 10.8 Å². The molecule has 1 atom stereocenters. The maximum absolute atomic E-state index is 13.6. The first-order valence-electron chi connectivity index (χ1n) is 5.55. The van der Waals surface area contributed by atoms with Gasteiger partial charge in [0, 0.05) is 0 Å². The lowest BCUT2D eigenvalue weighted by Crippen LogP contribution is -2.29. The van der Waals surface area contributed by atoms with Crippen LogP contribution in [0.2, 0.25) is 0 Å². The number of halogens is 1. The van der Waals surface area contributed by atoms with Crippen LogP contribution in [-0.4, -0.2) is 7.11 Å². The third-order valence-corrected chi connectivity index (χ3v) is 3.53. The van der Waals surface area contributed by atoms with E-state index < -0.39 is 0 Å². The number of thiophene rings is 1. The summed E-state index contributed by atoms with van der Waals surface area (Å²) in [4.78, 5) is 0. The molecule has 0 aliphatic carbocycles. The Morgan fingerprint density at radius 3 is 2.83 bits per heavy atom. The molecular formula is C13H15FN2OS. The van der Waals surface area contributed by atoms with Gasteiger partial charge in [-0.25, -0.2) is 4.39 Å². The zero-order chi connectivity index (χ0) is 13.0. The van der Waals surface area contributed by atoms with Crippen LogP contribution in [0, 0.1) is 5.82 Å². The summed E-state index contributed by atoms with van der Waals surface area (Å²) in [5.41, 5.74) is 4.71. The fourth-order valence-corrected chi connectivity index (χ4v) is 2.50. The Labute approximate surface area is 109 Å². The summed E-state index contributed by atoms with van der Waals surface area (Å²) in [6.07, 6.45) is 0.728. The molecule has 5 heteroatoms. The number of hydrazine groups is 1. The fourth-order valence-electron chi connectivity index (χ4n) is 1.82. The van der Waals surface area contributed by atoms with Gasteiger partial charge < -0.3 is 4.74 Å². The maximum atomic E-state index is 13.6. The quantitative estimate of drug-likeness (QED) is 0.646. The van der Waals surface area contributed by atoms with E-state index >= 15 is 0 Å². The molecule has 0 radical (unpaired) electrons. The number of benzene rings is 1. The summed E-state index contributed by atoms with van der Waals surface area (Å²) in [6.45, 7) is 0. The summed E-state index contributed by atoms with van der Waals surface area (Å²) < 4.78 is 18.5. The van der Waals surface area contributed by atoms with Crippen molar-refractivity contribution < 1.29 is 9.13 Å². The van der Waals surface area contributed by atoms with Gasteiger partial charge >= 0.3 is 0 Å². The van der Waals surface area contributed by atoms with Gasteiger partial charge in [-0.3, -0.25) is 11.3 Å². The number of hydrogen-bond donors (Lipinski definition) is 2. The zero-order valence-corrected chi connectivity index (χ0v) is 10.8. The first-order chi connectivity index (χ1) is 8.74. The highest BCUT2D eigenvalue weighted by Gasteiger charge is 2.13. The molecule has 2 rings (SSSR count). The summed E-state index contributed by atoms with van der Waals surface area (Å²) >= 11 is 1.63. The average Bonchev–Trinajstić information content (AvgIpc) is 2.88. The smallest absolute Gasteiger partial charge is 0.165 e. The van der Waals surface area contributed by atoms with Crippen molar-refractivity contribution in [3.8, 4) is 5.75 Å². The molecule has 0 aliphatic heterocycles. The Bertz CT molecular complexity index is 502. The molecule has 0 fully saturated rings. The molecule has 3 N–H and O–H groups in total. The largest absolute Gasteiger partial charge is 0.494 e. The van der Waals surface area contributed by atoms with E-state index in [-0.39, 0.29) is 17.6 Å². The minimum absolute atomic E-state index is 0.111. The zero-order valence-electron chi connectivity index (χ0n) is 10.0. The molecule has 96 valence electrons. The summed E-state index contributed by atoms with van der Waals surface area (Å²) in [5, 5.41) is 4.07. The van der Waals surface area contributed by atoms with Crippen LogP contribution >= 0.6 is 11.3 Å². The lowest BCUT2D eigenvalue weighted by atomic mass is 10.0. The first-order valence-corrected chi connectivity index (χ1v) is 6.49. The predicted octanol–water partition coefficient (Wildman–Crippen LogP) is 2.64. The van der Waals surface area contributed by atoms with E-state index in [9.17, 15) is 4.39 Å². The van der Waals surface area contributed by atoms with E-state index in [4.69, 9.17) is 10.6 Å². The molecule has 0 spiro atoms. The fraction of sp³-hybridized carbons (Fsp3) is 0.231. The second-order valence-corrected chi connectivity index (χ2v) is 4.73. The lowest BCUT2D eigenvalue weighted by Gasteiger charge is -2.16. The third kappa shape index (κ3) is 2.87. The van der Waals surface area contributed by atoms with Gasteiger partial charge in [-0.15, -0.1) is 0 Å². The Kier molecular flexibility index (Phi) is 4.30. The van der Waals surface area contributed by atoms with Crippen molar-refractivity contribution >= 4 is 11.3 Å². The molecule has 0 saturated heterocycles. The second kappa shape index (κ2) is 5.95. The van der Waals surface area contributed by atoms with Gasteiger partial charge in [0.15, 0.2) is 11.6 Å². The van der Waals surface area contributed by atoms with Crippen molar-refractivity contribution in [2.24, 2.45) is 5.84 Å². The number of rotatable bonds is 5. The molecule has 0 saturated carbocycles. The second-order valence-electron chi connectivity index (χ2n) is 3.95. The van der Waals surface area contributed by atoms with Crippen molar-refractivity contribution in [1.82, 2.24) is 5.43 Å². The number of nitrogens with two attached hydrogens (primary N) is 1. The molecule has 1 heterocycles. The minimum atomic E-state index is -0.374. The van der Waals surface area contributed by atoms with Gasteiger partial charge in [0.05, 0.1) is 13.2 Å². The van der Waals surface area contributed by atoms with E-state index in [0.717, 1.165) is 12.0 Å². The van der Waals surface area contributed by atoms with Gasteiger partial charge in [0.1, 0.15) is 0 Å². The van der Waals surface area contributed by atoms with Crippen LogP contribution < -0.4 is 16.0 Å². The topological polar surface area (TPSA) is 47.3 Å². The summed E-state index contributed by atoms with van der Waals surface area (Å²) in [5.74, 6) is 5.41. The lowest BCUT2D eigenvalue weighted by molar-refractivity contribution is 0.385. The number of nitrogens with one attached hydrogen (secondary N) is 1. The van der Waals surface area contributed by atoms with Crippen LogP contribution in [0.25, 0.3) is 0 Å². The number of ether oxygens (including phenoxy) is 1. The normalized spacial score (nSPS) is 12.4. The maximum Gasteiger partial charge on any atom is 0.165 e. The Morgan fingerprint density at radius 1 is 1.44 bits per heavy atom. The number of hydrogen-bond acceptors (Lipinski definition) is 4. The van der Waals surface area contributed by atoms with Crippen molar-refractivity contribution in [3.63, 3.8) is 0 Å². The molecule has 1 unspecified atom stereocenters. The van der Waals surface area contributed by atoms with Gasteiger partial charge in [-0.1, -0.05) is 6.07 Å². The predicted molar refractivity (Wildman–Crippen MR) is 71.0 cm³/mol. The standard InChI is InChI=1S/C13H15FN2OS/c1-17-13-3-2-10(7-11(13)14)12(16-15)6-9-4-5-18-8-9/h2-5,7-8,12,16H,6,15H2,1H3. The highest BCUT2D eigenvalue weighted by Crippen LogP contribution is 2.24. The molecule has 0 bridgehead atoms. The van der Waals surface area contributed by atoms with Crippen LogP contribution in [0.3, 0.4) is 0 Å². The minimum Gasteiger partial charge on any atom is -0.494 e. The van der Waals surface area contributed by atoms with Crippen LogP contribution in [0.1, 0.15) is 17.2 Å². The molecular weight excluding hydrogens is 251 g/mol. The Morgan fingerprint density at radius 2 is 2.28 bits per heavy atom.